The molecule has 2 aliphatic carbocycles. The number of rotatable bonds is 7. The van der Waals surface area contributed by atoms with Crippen molar-refractivity contribution in [1.29, 1.82) is 0 Å². The Kier molecular flexibility index (Phi) is 5.62. The lowest BCUT2D eigenvalue weighted by Crippen LogP contribution is -2.34. The van der Waals surface area contributed by atoms with E-state index in [4.69, 9.17) is 0 Å². The van der Waals surface area contributed by atoms with Gasteiger partial charge in [0, 0.05) is 11.7 Å². The predicted octanol–water partition coefficient (Wildman–Crippen LogP) is 4.18. The van der Waals surface area contributed by atoms with Crippen molar-refractivity contribution in [3.63, 3.8) is 0 Å². The van der Waals surface area contributed by atoms with Gasteiger partial charge < -0.3 is 9.47 Å². The fourth-order valence-corrected chi connectivity index (χ4v) is 4.43. The molecule has 1 heterocycles. The molecule has 0 aliphatic heterocycles. The van der Waals surface area contributed by atoms with Gasteiger partial charge in [-0.25, -0.2) is 0 Å². The van der Waals surface area contributed by atoms with Crippen molar-refractivity contribution < 1.29 is 4.79 Å². The monoisotopic (exact) mass is 382 g/mol. The molecule has 1 amide bonds. The zero-order valence-electron chi connectivity index (χ0n) is 15.8. The van der Waals surface area contributed by atoms with Gasteiger partial charge in [0.05, 0.1) is 12.3 Å². The maximum absolute atomic E-state index is 13.0. The Balaban J connectivity index is 1.43. The molecule has 1 fully saturated rings. The van der Waals surface area contributed by atoms with Crippen LogP contribution < -0.4 is 0 Å². The van der Waals surface area contributed by atoms with Gasteiger partial charge in [0.2, 0.25) is 5.91 Å². The summed E-state index contributed by atoms with van der Waals surface area (Å²) >= 11 is 1.50. The molecular formula is C21H26N4OS. The topological polar surface area (TPSA) is 51.0 Å². The molecule has 0 atom stereocenters. The van der Waals surface area contributed by atoms with Gasteiger partial charge in [0.1, 0.15) is 5.82 Å². The molecule has 0 saturated heterocycles. The van der Waals surface area contributed by atoms with Crippen molar-refractivity contribution >= 4 is 17.7 Å². The minimum atomic E-state index is 0.211. The Morgan fingerprint density at radius 3 is 2.74 bits per heavy atom. The summed E-state index contributed by atoms with van der Waals surface area (Å²) in [5, 5.41) is 9.35. The van der Waals surface area contributed by atoms with Crippen LogP contribution in [-0.2, 0) is 11.3 Å². The molecule has 0 unspecified atom stereocenters. The molecule has 1 saturated carbocycles. The Labute approximate surface area is 164 Å². The second-order valence-corrected chi connectivity index (χ2v) is 8.27. The number of benzene rings is 1. The molecule has 6 heteroatoms. The van der Waals surface area contributed by atoms with E-state index in [1.165, 1.54) is 35.9 Å². The zero-order valence-corrected chi connectivity index (χ0v) is 16.6. The van der Waals surface area contributed by atoms with Crippen molar-refractivity contribution in [2.45, 2.75) is 63.2 Å². The van der Waals surface area contributed by atoms with Gasteiger partial charge in [0.15, 0.2) is 5.16 Å². The van der Waals surface area contributed by atoms with Crippen LogP contribution in [0.2, 0.25) is 0 Å². The quantitative estimate of drug-likeness (QED) is 0.674. The summed E-state index contributed by atoms with van der Waals surface area (Å²) in [5.41, 5.74) is 2.46. The molecule has 0 bridgehead atoms. The summed E-state index contributed by atoms with van der Waals surface area (Å²) in [4.78, 5) is 15.1. The number of amides is 1. The molecule has 4 rings (SSSR count). The summed E-state index contributed by atoms with van der Waals surface area (Å²) in [6.07, 6.45) is 9.12. The Morgan fingerprint density at radius 2 is 2.04 bits per heavy atom. The van der Waals surface area contributed by atoms with Crippen LogP contribution in [0.15, 0.2) is 47.3 Å². The summed E-state index contributed by atoms with van der Waals surface area (Å²) in [6, 6.07) is 10.7. The molecule has 1 aromatic heterocycles. The SMILES string of the molecule is Cc1nnc(SCC(=O)N(C2=CCCCC2)C2CC2)n1Cc1ccccc1. The van der Waals surface area contributed by atoms with Gasteiger partial charge in [0.25, 0.3) is 0 Å². The maximum Gasteiger partial charge on any atom is 0.237 e. The minimum absolute atomic E-state index is 0.211. The van der Waals surface area contributed by atoms with Crippen molar-refractivity contribution in [2.75, 3.05) is 5.75 Å². The van der Waals surface area contributed by atoms with Crippen molar-refractivity contribution in [3.8, 4) is 0 Å². The highest BCUT2D eigenvalue weighted by Crippen LogP contribution is 2.34. The third kappa shape index (κ3) is 4.43. The highest BCUT2D eigenvalue weighted by molar-refractivity contribution is 7.99. The third-order valence-corrected chi connectivity index (χ3v) is 6.12. The summed E-state index contributed by atoms with van der Waals surface area (Å²) in [5.74, 6) is 1.51. The molecule has 0 spiro atoms. The average Bonchev–Trinajstić information content (AvgIpc) is 3.47. The first-order valence-electron chi connectivity index (χ1n) is 9.80. The Bertz CT molecular complexity index is 826. The van der Waals surface area contributed by atoms with E-state index in [1.54, 1.807) is 0 Å². The third-order valence-electron chi connectivity index (χ3n) is 5.17. The fourth-order valence-electron chi connectivity index (χ4n) is 3.58. The van der Waals surface area contributed by atoms with Gasteiger partial charge in [-0.15, -0.1) is 10.2 Å². The van der Waals surface area contributed by atoms with Crippen LogP contribution >= 0.6 is 11.8 Å². The van der Waals surface area contributed by atoms with Crippen molar-refractivity contribution in [2.24, 2.45) is 0 Å². The molecule has 0 N–H and O–H groups in total. The number of hydrogen-bond donors (Lipinski definition) is 0. The number of hydrogen-bond acceptors (Lipinski definition) is 4. The lowest BCUT2D eigenvalue weighted by molar-refractivity contribution is -0.127. The number of carbonyl (C=O) groups is 1. The first kappa shape index (κ1) is 18.3. The van der Waals surface area contributed by atoms with E-state index in [1.807, 2.05) is 25.1 Å². The van der Waals surface area contributed by atoms with Crippen molar-refractivity contribution in [1.82, 2.24) is 19.7 Å². The minimum Gasteiger partial charge on any atom is -0.313 e. The first-order chi connectivity index (χ1) is 13.2. The molecule has 142 valence electrons. The number of allylic oxidation sites excluding steroid dienone is 2. The van der Waals surface area contributed by atoms with Crippen LogP contribution in [0, 0.1) is 6.92 Å². The number of thioether (sulfide) groups is 1. The highest BCUT2D eigenvalue weighted by atomic mass is 32.2. The van der Waals surface area contributed by atoms with E-state index < -0.39 is 0 Å². The van der Waals surface area contributed by atoms with Gasteiger partial charge in [-0.3, -0.25) is 4.79 Å². The smallest absolute Gasteiger partial charge is 0.237 e. The molecule has 2 aromatic rings. The number of aromatic nitrogens is 3. The lowest BCUT2D eigenvalue weighted by atomic mass is 10.0. The van der Waals surface area contributed by atoms with Gasteiger partial charge in [-0.1, -0.05) is 48.2 Å². The van der Waals surface area contributed by atoms with E-state index in [-0.39, 0.29) is 5.91 Å². The predicted molar refractivity (Wildman–Crippen MR) is 107 cm³/mol. The fraction of sp³-hybridized carbons (Fsp3) is 0.476. The van der Waals surface area contributed by atoms with Gasteiger partial charge in [-0.2, -0.15) is 0 Å². The molecular weight excluding hydrogens is 356 g/mol. The molecule has 5 nitrogen and oxygen atoms in total. The zero-order chi connectivity index (χ0) is 18.6. The van der Waals surface area contributed by atoms with Crippen LogP contribution in [0.3, 0.4) is 0 Å². The van der Waals surface area contributed by atoms with Gasteiger partial charge in [-0.05, 0) is 51.0 Å². The van der Waals surface area contributed by atoms with E-state index in [9.17, 15) is 4.79 Å². The largest absolute Gasteiger partial charge is 0.313 e. The average molecular weight is 383 g/mol. The van der Waals surface area contributed by atoms with Crippen LogP contribution in [-0.4, -0.2) is 37.4 Å². The van der Waals surface area contributed by atoms with E-state index in [0.29, 0.717) is 11.8 Å². The number of nitrogens with zero attached hydrogens (tertiary/aromatic N) is 4. The normalized spacial score (nSPS) is 16.9. The number of carbonyl (C=O) groups excluding carboxylic acids is 1. The second-order valence-electron chi connectivity index (χ2n) is 7.33. The number of aryl methyl sites for hydroxylation is 1. The molecule has 27 heavy (non-hydrogen) atoms. The Morgan fingerprint density at radius 1 is 1.22 bits per heavy atom. The van der Waals surface area contributed by atoms with E-state index in [2.05, 4.69) is 37.9 Å². The van der Waals surface area contributed by atoms with E-state index in [0.717, 1.165) is 43.2 Å². The van der Waals surface area contributed by atoms with Gasteiger partial charge >= 0.3 is 0 Å². The summed E-state index contributed by atoms with van der Waals surface area (Å²) in [6.45, 7) is 2.69. The standard InChI is InChI=1S/C21H26N4OS/c1-16-22-23-21(24(16)14-17-8-4-2-5-9-17)27-15-20(26)25(19-12-13-19)18-10-6-3-7-11-18/h2,4-5,8-10,19H,3,6-7,11-15H2,1H3. The lowest BCUT2D eigenvalue weighted by Gasteiger charge is -2.27. The van der Waals surface area contributed by atoms with Crippen LogP contribution in [0.4, 0.5) is 0 Å². The van der Waals surface area contributed by atoms with Crippen molar-refractivity contribution in [3.05, 3.63) is 53.5 Å². The molecule has 0 radical (unpaired) electrons. The molecule has 1 aromatic carbocycles. The summed E-state index contributed by atoms with van der Waals surface area (Å²) < 4.78 is 2.09. The van der Waals surface area contributed by atoms with Crippen LogP contribution in [0.25, 0.3) is 0 Å². The second kappa shape index (κ2) is 8.30. The first-order valence-corrected chi connectivity index (χ1v) is 10.8. The van der Waals surface area contributed by atoms with Crippen LogP contribution in [0.5, 0.6) is 0 Å². The maximum atomic E-state index is 13.0. The molecule has 2 aliphatic rings. The summed E-state index contributed by atoms with van der Waals surface area (Å²) in [7, 11) is 0. The van der Waals surface area contributed by atoms with Crippen LogP contribution in [0.1, 0.15) is 49.9 Å². The highest BCUT2D eigenvalue weighted by Gasteiger charge is 2.35. The Hall–Kier alpha value is -2.08. The van der Waals surface area contributed by atoms with E-state index >= 15 is 0 Å².